The predicted molar refractivity (Wildman–Crippen MR) is 116 cm³/mol. The number of rotatable bonds is 3. The molecule has 0 spiro atoms. The van der Waals surface area contributed by atoms with E-state index in [0.29, 0.717) is 35.9 Å². The number of methoxy groups -OCH3 is 1. The average molecular weight is 431 g/mol. The highest BCUT2D eigenvalue weighted by atomic mass is 16.5. The molecule has 0 aliphatic carbocycles. The van der Waals surface area contributed by atoms with Gasteiger partial charge in [0.05, 0.1) is 11.7 Å². The normalized spacial score (nSPS) is 22.7. The van der Waals surface area contributed by atoms with Crippen LogP contribution in [0.1, 0.15) is 40.5 Å². The second kappa shape index (κ2) is 9.93. The monoisotopic (exact) mass is 430 g/mol. The number of carbonyl (C=O) groups is 2. The van der Waals surface area contributed by atoms with Gasteiger partial charge in [-0.2, -0.15) is 0 Å². The van der Waals surface area contributed by atoms with Gasteiger partial charge >= 0.3 is 0 Å². The van der Waals surface area contributed by atoms with Crippen LogP contribution in [-0.2, 0) is 4.74 Å². The van der Waals surface area contributed by atoms with Gasteiger partial charge in [0.1, 0.15) is 18.1 Å². The number of hydrogen-bond donors (Lipinski definition) is 2. The first kappa shape index (κ1) is 22.8. The van der Waals surface area contributed by atoms with Crippen LogP contribution in [0.3, 0.4) is 0 Å². The second-order valence-electron chi connectivity index (χ2n) is 8.05. The van der Waals surface area contributed by atoms with Crippen LogP contribution in [0.25, 0.3) is 0 Å². The van der Waals surface area contributed by atoms with Crippen molar-refractivity contribution in [1.82, 2.24) is 15.4 Å². The largest absolute Gasteiger partial charge is 0.491 e. The highest BCUT2D eigenvalue weighted by Gasteiger charge is 2.26. The van der Waals surface area contributed by atoms with Gasteiger partial charge < -0.3 is 29.5 Å². The van der Waals surface area contributed by atoms with E-state index in [2.05, 4.69) is 22.7 Å². The Morgan fingerprint density at radius 2 is 2.10 bits per heavy atom. The molecule has 0 unspecified atom stereocenters. The lowest BCUT2D eigenvalue weighted by atomic mass is 10.0. The molecule has 0 bridgehead atoms. The SMILES string of the molecule is CO[C@H]1CN(C)C(=O)c2cc(NC(=O)c3cc(C)on3)ccc2OC[C@@H](C)NC[C@H]1C. The zero-order chi connectivity index (χ0) is 22.5. The van der Waals surface area contributed by atoms with E-state index in [-0.39, 0.29) is 29.7 Å². The van der Waals surface area contributed by atoms with Gasteiger partial charge in [-0.05, 0) is 38.0 Å². The number of carbonyl (C=O) groups excluding carboxylic acids is 2. The van der Waals surface area contributed by atoms with Crippen molar-refractivity contribution in [2.75, 3.05) is 39.2 Å². The van der Waals surface area contributed by atoms with Crippen molar-refractivity contribution in [3.05, 3.63) is 41.3 Å². The smallest absolute Gasteiger partial charge is 0.277 e. The Labute approximate surface area is 182 Å². The summed E-state index contributed by atoms with van der Waals surface area (Å²) in [5, 5.41) is 9.92. The summed E-state index contributed by atoms with van der Waals surface area (Å²) in [5.74, 6) is 0.579. The summed E-state index contributed by atoms with van der Waals surface area (Å²) in [6.07, 6.45) is -0.115. The molecule has 31 heavy (non-hydrogen) atoms. The third-order valence-electron chi connectivity index (χ3n) is 5.34. The van der Waals surface area contributed by atoms with E-state index in [1.165, 1.54) is 0 Å². The zero-order valence-corrected chi connectivity index (χ0v) is 18.6. The van der Waals surface area contributed by atoms with E-state index < -0.39 is 5.91 Å². The van der Waals surface area contributed by atoms with Crippen LogP contribution in [0, 0.1) is 12.8 Å². The molecule has 0 radical (unpaired) electrons. The first-order valence-electron chi connectivity index (χ1n) is 10.3. The lowest BCUT2D eigenvalue weighted by Gasteiger charge is -2.30. The lowest BCUT2D eigenvalue weighted by molar-refractivity contribution is 0.0281. The molecular formula is C22H30N4O5. The summed E-state index contributed by atoms with van der Waals surface area (Å²) in [6.45, 7) is 7.42. The standard InChI is InChI=1S/C22H30N4O5/c1-13-10-23-14(2)12-30-19-7-6-16(24-21(27)18-8-15(3)31-25-18)9-17(19)22(28)26(4)11-20(13)29-5/h6-9,13-14,20,23H,10-12H2,1-5H3,(H,24,27)/t13-,14-,20+/m1/s1. The Hall–Kier alpha value is -2.91. The van der Waals surface area contributed by atoms with Crippen LogP contribution in [0.4, 0.5) is 5.69 Å². The minimum atomic E-state index is -0.419. The molecule has 1 aromatic heterocycles. The summed E-state index contributed by atoms with van der Waals surface area (Å²) >= 11 is 0. The van der Waals surface area contributed by atoms with Gasteiger partial charge in [0.15, 0.2) is 5.69 Å². The summed E-state index contributed by atoms with van der Waals surface area (Å²) in [4.78, 5) is 27.3. The van der Waals surface area contributed by atoms with Crippen LogP contribution >= 0.6 is 0 Å². The van der Waals surface area contributed by atoms with Crippen molar-refractivity contribution in [3.63, 3.8) is 0 Å². The fraction of sp³-hybridized carbons (Fsp3) is 0.500. The van der Waals surface area contributed by atoms with Crippen LogP contribution in [0.15, 0.2) is 28.8 Å². The number of nitrogens with zero attached hydrogens (tertiary/aromatic N) is 2. The average Bonchev–Trinajstić information content (AvgIpc) is 3.19. The molecule has 1 aromatic carbocycles. The third kappa shape index (κ3) is 5.62. The van der Waals surface area contributed by atoms with Crippen molar-refractivity contribution in [2.24, 2.45) is 5.92 Å². The van der Waals surface area contributed by atoms with Crippen LogP contribution in [0.2, 0.25) is 0 Å². The van der Waals surface area contributed by atoms with Gasteiger partial charge in [-0.1, -0.05) is 12.1 Å². The fourth-order valence-electron chi connectivity index (χ4n) is 3.41. The maximum atomic E-state index is 13.2. The van der Waals surface area contributed by atoms with E-state index in [1.54, 1.807) is 50.2 Å². The van der Waals surface area contributed by atoms with E-state index >= 15 is 0 Å². The molecule has 9 nitrogen and oxygen atoms in total. The van der Waals surface area contributed by atoms with Crippen LogP contribution in [0.5, 0.6) is 5.75 Å². The Bertz CT molecular complexity index is 928. The van der Waals surface area contributed by atoms with Gasteiger partial charge in [0, 0.05) is 45.0 Å². The van der Waals surface area contributed by atoms with Gasteiger partial charge in [0.2, 0.25) is 0 Å². The number of aryl methyl sites for hydroxylation is 1. The topological polar surface area (TPSA) is 106 Å². The second-order valence-corrected chi connectivity index (χ2v) is 8.05. The fourth-order valence-corrected chi connectivity index (χ4v) is 3.41. The summed E-state index contributed by atoms with van der Waals surface area (Å²) in [7, 11) is 3.39. The summed E-state index contributed by atoms with van der Waals surface area (Å²) in [5.41, 5.74) is 0.998. The molecule has 9 heteroatoms. The number of aromatic nitrogens is 1. The highest BCUT2D eigenvalue weighted by Crippen LogP contribution is 2.26. The van der Waals surface area contributed by atoms with Gasteiger partial charge in [0.25, 0.3) is 11.8 Å². The molecule has 0 saturated carbocycles. The Morgan fingerprint density at radius 3 is 2.77 bits per heavy atom. The first-order valence-corrected chi connectivity index (χ1v) is 10.3. The number of nitrogens with one attached hydrogen (secondary N) is 2. The predicted octanol–water partition coefficient (Wildman–Crippen LogP) is 2.33. The van der Waals surface area contributed by atoms with Gasteiger partial charge in [-0.3, -0.25) is 9.59 Å². The molecule has 168 valence electrons. The van der Waals surface area contributed by atoms with E-state index in [1.807, 2.05) is 6.92 Å². The molecular weight excluding hydrogens is 400 g/mol. The Morgan fingerprint density at radius 1 is 1.32 bits per heavy atom. The molecule has 2 N–H and O–H groups in total. The quantitative estimate of drug-likeness (QED) is 0.770. The summed E-state index contributed by atoms with van der Waals surface area (Å²) in [6, 6.07) is 6.65. The first-order chi connectivity index (χ1) is 14.8. The van der Waals surface area contributed by atoms with Crippen molar-refractivity contribution >= 4 is 17.5 Å². The minimum Gasteiger partial charge on any atom is -0.491 e. The molecule has 0 saturated heterocycles. The molecule has 1 aliphatic rings. The maximum absolute atomic E-state index is 13.2. The summed E-state index contributed by atoms with van der Waals surface area (Å²) < 4.78 is 16.5. The van der Waals surface area contributed by atoms with Crippen molar-refractivity contribution < 1.29 is 23.6 Å². The van der Waals surface area contributed by atoms with Crippen molar-refractivity contribution in [1.29, 1.82) is 0 Å². The van der Waals surface area contributed by atoms with E-state index in [0.717, 1.165) is 6.54 Å². The molecule has 3 atom stereocenters. The van der Waals surface area contributed by atoms with Crippen molar-refractivity contribution in [3.8, 4) is 5.75 Å². The molecule has 2 heterocycles. The van der Waals surface area contributed by atoms with E-state index in [9.17, 15) is 9.59 Å². The number of hydrogen-bond acceptors (Lipinski definition) is 7. The van der Waals surface area contributed by atoms with E-state index in [4.69, 9.17) is 14.0 Å². The van der Waals surface area contributed by atoms with Crippen molar-refractivity contribution in [2.45, 2.75) is 32.9 Å². The molecule has 2 amide bonds. The molecule has 1 aliphatic heterocycles. The number of likely N-dealkylation sites (N-methyl/N-ethyl adjacent to an activating group) is 1. The number of ether oxygens (including phenoxy) is 2. The maximum Gasteiger partial charge on any atom is 0.277 e. The highest BCUT2D eigenvalue weighted by molar-refractivity contribution is 6.04. The number of anilines is 1. The number of benzene rings is 1. The number of amides is 2. The van der Waals surface area contributed by atoms with Crippen LogP contribution in [-0.4, -0.2) is 67.9 Å². The molecule has 2 aromatic rings. The van der Waals surface area contributed by atoms with Crippen LogP contribution < -0.4 is 15.4 Å². The van der Waals surface area contributed by atoms with Gasteiger partial charge in [-0.15, -0.1) is 0 Å². The van der Waals surface area contributed by atoms with Gasteiger partial charge in [-0.25, -0.2) is 0 Å². The minimum absolute atomic E-state index is 0.0925. The molecule has 0 fully saturated rings. The Kier molecular flexibility index (Phi) is 7.29. The molecule has 3 rings (SSSR count). The Balaban J connectivity index is 1.88. The lowest BCUT2D eigenvalue weighted by Crippen LogP contribution is -2.44. The number of fused-ring (bicyclic) bond motifs is 1. The zero-order valence-electron chi connectivity index (χ0n) is 18.6. The third-order valence-corrected chi connectivity index (χ3v) is 5.34.